The predicted octanol–water partition coefficient (Wildman–Crippen LogP) is 4.32. The predicted molar refractivity (Wildman–Crippen MR) is 92.2 cm³/mol. The number of hydrogen-bond acceptors (Lipinski definition) is 3. The summed E-state index contributed by atoms with van der Waals surface area (Å²) in [5.41, 5.74) is 0.633. The molecule has 1 fully saturated rings. The quantitative estimate of drug-likeness (QED) is 0.637. The Morgan fingerprint density at radius 3 is 2.62 bits per heavy atom. The lowest BCUT2D eigenvalue weighted by Gasteiger charge is -2.12. The fourth-order valence-corrected chi connectivity index (χ4v) is 3.19. The fourth-order valence-electron chi connectivity index (χ4n) is 2.83. The molecule has 0 atom stereocenters. The molecule has 4 nitrogen and oxygen atoms in total. The average molecular weight is 364 g/mol. The van der Waals surface area contributed by atoms with E-state index in [9.17, 15) is 9.18 Å². The number of pyridine rings is 1. The Morgan fingerprint density at radius 1 is 1.21 bits per heavy atom. The minimum absolute atomic E-state index is 0.116. The van der Waals surface area contributed by atoms with Gasteiger partial charge in [-0.3, -0.25) is 9.36 Å². The molecular weight excluding hydrogens is 352 g/mol. The molecule has 0 aliphatic heterocycles. The van der Waals surface area contributed by atoms with Gasteiger partial charge in [-0.15, -0.1) is 0 Å². The molecule has 0 radical (unpaired) electrons. The van der Waals surface area contributed by atoms with Gasteiger partial charge in [0, 0.05) is 23.6 Å². The summed E-state index contributed by atoms with van der Waals surface area (Å²) >= 11 is 11.9. The summed E-state index contributed by atoms with van der Waals surface area (Å²) in [6.45, 7) is 0. The Morgan fingerprint density at radius 2 is 1.96 bits per heavy atom. The van der Waals surface area contributed by atoms with Gasteiger partial charge in [0.2, 0.25) is 0 Å². The largest absolute Gasteiger partial charge is 0.299 e. The van der Waals surface area contributed by atoms with Crippen LogP contribution in [0.3, 0.4) is 0 Å². The summed E-state index contributed by atoms with van der Waals surface area (Å²) in [7, 11) is 1.69. The molecule has 1 aliphatic rings. The lowest BCUT2D eigenvalue weighted by Crippen LogP contribution is -2.22. The smallest absolute Gasteiger partial charge is 0.261 e. The maximum atomic E-state index is 14.4. The second-order valence-electron chi connectivity index (χ2n) is 5.92. The standard InChI is InChI=1S/C17H12Cl2FN3O/c1-23-16(8-2-3-8)22-15-11(17(23)24)7-13(19)21-14(15)10-5-4-9(18)6-12(10)20/h4-8H,2-3H2,1H3. The maximum Gasteiger partial charge on any atom is 0.261 e. The van der Waals surface area contributed by atoms with Crippen molar-refractivity contribution in [1.29, 1.82) is 0 Å². The fraction of sp³-hybridized carbons (Fsp3) is 0.235. The third-order valence-electron chi connectivity index (χ3n) is 4.20. The number of fused-ring (bicyclic) bond motifs is 1. The van der Waals surface area contributed by atoms with Crippen LogP contribution in [0.4, 0.5) is 4.39 Å². The first-order valence-electron chi connectivity index (χ1n) is 7.48. The summed E-state index contributed by atoms with van der Waals surface area (Å²) in [5, 5.41) is 0.723. The van der Waals surface area contributed by atoms with Crippen LogP contribution in [0.5, 0.6) is 0 Å². The van der Waals surface area contributed by atoms with Crippen LogP contribution in [0.25, 0.3) is 22.2 Å². The van der Waals surface area contributed by atoms with Crippen molar-refractivity contribution in [1.82, 2.24) is 14.5 Å². The van der Waals surface area contributed by atoms with E-state index in [1.807, 2.05) is 0 Å². The number of aromatic nitrogens is 3. The van der Waals surface area contributed by atoms with E-state index < -0.39 is 5.82 Å². The SMILES string of the molecule is Cn1c(C2CC2)nc2c(-c3ccc(Cl)cc3F)nc(Cl)cc2c1=O. The first kappa shape index (κ1) is 15.5. The molecule has 3 aromatic rings. The number of benzene rings is 1. The maximum absolute atomic E-state index is 14.4. The van der Waals surface area contributed by atoms with Crippen LogP contribution in [0.2, 0.25) is 10.2 Å². The van der Waals surface area contributed by atoms with Crippen LogP contribution in [0, 0.1) is 5.82 Å². The van der Waals surface area contributed by atoms with Gasteiger partial charge in [-0.1, -0.05) is 23.2 Å². The van der Waals surface area contributed by atoms with Gasteiger partial charge >= 0.3 is 0 Å². The Kier molecular flexibility index (Phi) is 3.58. The highest BCUT2D eigenvalue weighted by molar-refractivity contribution is 6.31. The molecule has 0 unspecified atom stereocenters. The molecule has 0 spiro atoms. The zero-order valence-corrected chi connectivity index (χ0v) is 14.2. The molecule has 0 saturated heterocycles. The molecule has 24 heavy (non-hydrogen) atoms. The van der Waals surface area contributed by atoms with Crippen molar-refractivity contribution in [3.8, 4) is 11.3 Å². The monoisotopic (exact) mass is 363 g/mol. The lowest BCUT2D eigenvalue weighted by atomic mass is 10.1. The van der Waals surface area contributed by atoms with E-state index in [-0.39, 0.29) is 32.9 Å². The van der Waals surface area contributed by atoms with Crippen LogP contribution in [0.1, 0.15) is 24.6 Å². The summed E-state index contributed by atoms with van der Waals surface area (Å²) in [5.74, 6) is 0.437. The third kappa shape index (κ3) is 2.48. The van der Waals surface area contributed by atoms with Crippen LogP contribution < -0.4 is 5.56 Å². The van der Waals surface area contributed by atoms with Gasteiger partial charge in [-0.25, -0.2) is 14.4 Å². The molecule has 1 saturated carbocycles. The third-order valence-corrected chi connectivity index (χ3v) is 4.62. The second-order valence-corrected chi connectivity index (χ2v) is 6.75. The molecule has 0 amide bonds. The Hall–Kier alpha value is -1.98. The molecule has 0 N–H and O–H groups in total. The van der Waals surface area contributed by atoms with Crippen molar-refractivity contribution in [2.24, 2.45) is 7.05 Å². The molecule has 4 rings (SSSR count). The molecule has 1 aliphatic carbocycles. The van der Waals surface area contributed by atoms with E-state index in [4.69, 9.17) is 23.2 Å². The molecule has 1 aromatic carbocycles. The topological polar surface area (TPSA) is 47.8 Å². The van der Waals surface area contributed by atoms with Gasteiger partial charge in [-0.05, 0) is 37.1 Å². The van der Waals surface area contributed by atoms with Crippen LogP contribution in [0.15, 0.2) is 29.1 Å². The van der Waals surface area contributed by atoms with E-state index >= 15 is 0 Å². The van der Waals surface area contributed by atoms with Crippen molar-refractivity contribution in [2.45, 2.75) is 18.8 Å². The number of hydrogen-bond donors (Lipinski definition) is 0. The van der Waals surface area contributed by atoms with Crippen LogP contribution >= 0.6 is 23.2 Å². The van der Waals surface area contributed by atoms with Gasteiger partial charge in [-0.2, -0.15) is 0 Å². The number of rotatable bonds is 2. The summed E-state index contributed by atoms with van der Waals surface area (Å²) in [6.07, 6.45) is 1.99. The lowest BCUT2D eigenvalue weighted by molar-refractivity contribution is 0.631. The van der Waals surface area contributed by atoms with Crippen molar-refractivity contribution in [3.63, 3.8) is 0 Å². The molecule has 7 heteroatoms. The molecule has 122 valence electrons. The Balaban J connectivity index is 2.10. The second kappa shape index (κ2) is 5.53. The Labute approximate surface area is 146 Å². The van der Waals surface area contributed by atoms with Crippen molar-refractivity contribution in [3.05, 3.63) is 56.4 Å². The zero-order chi connectivity index (χ0) is 17.0. The summed E-state index contributed by atoms with van der Waals surface area (Å²) in [4.78, 5) is 21.5. The molecule has 0 bridgehead atoms. The van der Waals surface area contributed by atoms with Crippen molar-refractivity contribution in [2.75, 3.05) is 0 Å². The molecule has 2 aromatic heterocycles. The van der Waals surface area contributed by atoms with E-state index in [0.29, 0.717) is 16.7 Å². The number of halogens is 3. The van der Waals surface area contributed by atoms with Gasteiger partial charge in [0.1, 0.15) is 28.0 Å². The minimum atomic E-state index is -0.533. The molecular formula is C17H12Cl2FN3O. The molecule has 2 heterocycles. The van der Waals surface area contributed by atoms with Gasteiger partial charge < -0.3 is 0 Å². The van der Waals surface area contributed by atoms with E-state index in [2.05, 4.69) is 9.97 Å². The van der Waals surface area contributed by atoms with E-state index in [1.54, 1.807) is 17.7 Å². The summed E-state index contributed by atoms with van der Waals surface area (Å²) < 4.78 is 15.9. The van der Waals surface area contributed by atoms with Crippen LogP contribution in [-0.2, 0) is 7.05 Å². The van der Waals surface area contributed by atoms with Crippen molar-refractivity contribution >= 4 is 34.1 Å². The number of nitrogens with zero attached hydrogens (tertiary/aromatic N) is 3. The normalized spacial score (nSPS) is 14.3. The zero-order valence-electron chi connectivity index (χ0n) is 12.7. The Bertz CT molecular complexity index is 1040. The van der Waals surface area contributed by atoms with Gasteiger partial charge in [0.15, 0.2) is 0 Å². The first-order chi connectivity index (χ1) is 11.5. The minimum Gasteiger partial charge on any atom is -0.299 e. The highest BCUT2D eigenvalue weighted by Gasteiger charge is 2.29. The highest BCUT2D eigenvalue weighted by atomic mass is 35.5. The van der Waals surface area contributed by atoms with Gasteiger partial charge in [0.05, 0.1) is 5.39 Å². The first-order valence-corrected chi connectivity index (χ1v) is 8.24. The van der Waals surface area contributed by atoms with Gasteiger partial charge in [0.25, 0.3) is 5.56 Å². The summed E-state index contributed by atoms with van der Waals surface area (Å²) in [6, 6.07) is 5.76. The van der Waals surface area contributed by atoms with E-state index in [1.165, 1.54) is 18.2 Å². The van der Waals surface area contributed by atoms with Crippen LogP contribution in [-0.4, -0.2) is 14.5 Å². The highest BCUT2D eigenvalue weighted by Crippen LogP contribution is 2.39. The van der Waals surface area contributed by atoms with E-state index in [0.717, 1.165) is 12.8 Å². The average Bonchev–Trinajstić information content (AvgIpc) is 3.35. The van der Waals surface area contributed by atoms with Crippen molar-refractivity contribution < 1.29 is 4.39 Å².